The van der Waals surface area contributed by atoms with E-state index in [1.807, 2.05) is 18.2 Å². The van der Waals surface area contributed by atoms with E-state index in [1.54, 1.807) is 12.1 Å². The molecular formula is C25H34O4. The number of hydrogen-bond acceptors (Lipinski definition) is 4. The molecule has 158 valence electrons. The fraction of sp³-hybridized carbons (Fsp3) is 0.600. The molecule has 4 atom stereocenters. The van der Waals surface area contributed by atoms with Crippen molar-refractivity contribution in [1.29, 1.82) is 0 Å². The van der Waals surface area contributed by atoms with Crippen molar-refractivity contribution in [1.82, 2.24) is 0 Å². The van der Waals surface area contributed by atoms with Crippen molar-refractivity contribution in [3.8, 4) is 0 Å². The third kappa shape index (κ3) is 4.26. The van der Waals surface area contributed by atoms with E-state index in [2.05, 4.69) is 33.8 Å². The molecule has 0 aliphatic heterocycles. The minimum Gasteiger partial charge on any atom is -0.466 e. The van der Waals surface area contributed by atoms with Gasteiger partial charge >= 0.3 is 11.9 Å². The number of methoxy groups -OCH3 is 1. The Morgan fingerprint density at radius 1 is 1.14 bits per heavy atom. The lowest BCUT2D eigenvalue weighted by Crippen LogP contribution is -2.49. The number of rotatable bonds is 5. The first kappa shape index (κ1) is 21.6. The number of ether oxygens (including phenoxy) is 2. The van der Waals surface area contributed by atoms with Gasteiger partial charge in [0.15, 0.2) is 0 Å². The Morgan fingerprint density at radius 2 is 1.83 bits per heavy atom. The second-order valence-corrected chi connectivity index (χ2v) is 9.64. The van der Waals surface area contributed by atoms with Crippen LogP contribution in [0.4, 0.5) is 0 Å². The molecule has 0 radical (unpaired) electrons. The molecule has 0 aromatic heterocycles. The predicted molar refractivity (Wildman–Crippen MR) is 113 cm³/mol. The minimum atomic E-state index is -1.02. The monoisotopic (exact) mass is 398 g/mol. The Kier molecular flexibility index (Phi) is 6.21. The molecule has 1 aromatic carbocycles. The molecule has 4 heteroatoms. The molecule has 0 N–H and O–H groups in total. The van der Waals surface area contributed by atoms with Crippen molar-refractivity contribution in [3.63, 3.8) is 0 Å². The van der Waals surface area contributed by atoms with Crippen LogP contribution in [0.15, 0.2) is 42.0 Å². The van der Waals surface area contributed by atoms with Gasteiger partial charge in [-0.15, -0.1) is 0 Å². The maximum atomic E-state index is 13.0. The van der Waals surface area contributed by atoms with E-state index in [0.717, 1.165) is 12.8 Å². The third-order valence-electron chi connectivity index (χ3n) is 7.43. The zero-order chi connectivity index (χ0) is 21.2. The summed E-state index contributed by atoms with van der Waals surface area (Å²) < 4.78 is 10.6. The van der Waals surface area contributed by atoms with Crippen LogP contribution < -0.4 is 0 Å². The number of allylic oxidation sites excluding steroid dienone is 2. The zero-order valence-corrected chi connectivity index (χ0v) is 18.4. The number of esters is 2. The Bertz CT molecular complexity index is 779. The molecule has 1 unspecified atom stereocenters. The highest BCUT2D eigenvalue weighted by atomic mass is 16.6. The number of benzene rings is 1. The molecule has 0 spiro atoms. The molecule has 29 heavy (non-hydrogen) atoms. The molecular weight excluding hydrogens is 364 g/mol. The number of carbonyl (C=O) groups is 2. The summed E-state index contributed by atoms with van der Waals surface area (Å²) in [5, 5.41) is 0. The normalized spacial score (nSPS) is 29.2. The van der Waals surface area contributed by atoms with E-state index >= 15 is 0 Å². The molecule has 3 rings (SSSR count). The van der Waals surface area contributed by atoms with E-state index in [1.165, 1.54) is 25.5 Å². The minimum absolute atomic E-state index is 0.0765. The van der Waals surface area contributed by atoms with Crippen molar-refractivity contribution in [2.45, 2.75) is 65.9 Å². The van der Waals surface area contributed by atoms with E-state index in [4.69, 9.17) is 9.47 Å². The van der Waals surface area contributed by atoms with Crippen molar-refractivity contribution >= 4 is 11.9 Å². The fourth-order valence-electron chi connectivity index (χ4n) is 5.86. The summed E-state index contributed by atoms with van der Waals surface area (Å²) in [7, 11) is 1.32. The van der Waals surface area contributed by atoms with Crippen LogP contribution in [0.25, 0.3) is 0 Å². The maximum Gasteiger partial charge on any atom is 0.351 e. The van der Waals surface area contributed by atoms with Crippen LogP contribution >= 0.6 is 0 Å². The van der Waals surface area contributed by atoms with Crippen LogP contribution in [0.2, 0.25) is 0 Å². The smallest absolute Gasteiger partial charge is 0.351 e. The summed E-state index contributed by atoms with van der Waals surface area (Å²) in [5.74, 6) is -0.200. The summed E-state index contributed by atoms with van der Waals surface area (Å²) in [6, 6.07) is 9.07. The van der Waals surface area contributed by atoms with Gasteiger partial charge in [0, 0.05) is 5.56 Å². The maximum absolute atomic E-state index is 13.0. The Balaban J connectivity index is 1.80. The van der Waals surface area contributed by atoms with E-state index < -0.39 is 12.1 Å². The van der Waals surface area contributed by atoms with Gasteiger partial charge in [-0.1, -0.05) is 69.2 Å². The van der Waals surface area contributed by atoms with Gasteiger partial charge in [0.25, 0.3) is 0 Å². The van der Waals surface area contributed by atoms with Crippen LogP contribution in [0, 0.1) is 22.7 Å². The molecule has 2 aliphatic rings. The fourth-order valence-corrected chi connectivity index (χ4v) is 5.86. The molecule has 0 bridgehead atoms. The highest BCUT2D eigenvalue weighted by molar-refractivity contribution is 5.81. The Labute approximate surface area is 174 Å². The standard InChI is InChI=1S/C25H34O4/c1-17-12-13-20-24(2,3)14-9-15-25(20,4)19(17)16-21(26)29-22(23(27)28-5)18-10-7-6-8-11-18/h6-8,10-12,19-20,22H,9,13-16H2,1-5H3/t19?,20-,22+,25+/m0/s1. The molecule has 2 aliphatic carbocycles. The van der Waals surface area contributed by atoms with Crippen molar-refractivity contribution in [3.05, 3.63) is 47.5 Å². The van der Waals surface area contributed by atoms with Gasteiger partial charge in [-0.25, -0.2) is 4.79 Å². The summed E-state index contributed by atoms with van der Waals surface area (Å²) in [6.45, 7) is 9.21. The first-order valence-corrected chi connectivity index (χ1v) is 10.7. The molecule has 1 aromatic rings. The van der Waals surface area contributed by atoms with E-state index in [-0.39, 0.29) is 22.7 Å². The van der Waals surface area contributed by atoms with Gasteiger partial charge < -0.3 is 9.47 Å². The zero-order valence-electron chi connectivity index (χ0n) is 18.4. The number of hydrogen-bond donors (Lipinski definition) is 0. The molecule has 0 heterocycles. The Hall–Kier alpha value is -2.10. The van der Waals surface area contributed by atoms with Crippen molar-refractivity contribution in [2.24, 2.45) is 22.7 Å². The van der Waals surface area contributed by atoms with Gasteiger partial charge in [-0.05, 0) is 48.9 Å². The number of fused-ring (bicyclic) bond motifs is 1. The molecule has 1 saturated carbocycles. The summed E-state index contributed by atoms with van der Waals surface area (Å²) in [4.78, 5) is 25.3. The van der Waals surface area contributed by atoms with Crippen LogP contribution in [0.1, 0.15) is 71.5 Å². The van der Waals surface area contributed by atoms with Gasteiger partial charge in [0.2, 0.25) is 6.10 Å². The summed E-state index contributed by atoms with van der Waals surface area (Å²) in [5.41, 5.74) is 2.25. The highest BCUT2D eigenvalue weighted by Crippen LogP contribution is 2.60. The first-order chi connectivity index (χ1) is 13.7. The lowest BCUT2D eigenvalue weighted by atomic mass is 9.48. The SMILES string of the molecule is COC(=O)[C@H](OC(=O)CC1C(C)=CC[C@H]2C(C)(C)CCC[C@]12C)c1ccccc1. The summed E-state index contributed by atoms with van der Waals surface area (Å²) in [6.07, 6.45) is 6.22. The molecule has 0 saturated heterocycles. The first-order valence-electron chi connectivity index (χ1n) is 10.7. The van der Waals surface area contributed by atoms with Gasteiger partial charge in [-0.3, -0.25) is 4.79 Å². The molecule has 1 fully saturated rings. The van der Waals surface area contributed by atoms with Crippen LogP contribution in [-0.4, -0.2) is 19.0 Å². The van der Waals surface area contributed by atoms with Crippen LogP contribution in [0.5, 0.6) is 0 Å². The molecule has 0 amide bonds. The highest BCUT2D eigenvalue weighted by Gasteiger charge is 2.52. The lowest BCUT2D eigenvalue weighted by molar-refractivity contribution is -0.168. The van der Waals surface area contributed by atoms with E-state index in [9.17, 15) is 9.59 Å². The van der Waals surface area contributed by atoms with Gasteiger partial charge in [0.1, 0.15) is 0 Å². The predicted octanol–water partition coefficient (Wildman–Crippen LogP) is 5.63. The second kappa shape index (κ2) is 8.33. The lowest BCUT2D eigenvalue weighted by Gasteiger charge is -2.56. The average molecular weight is 399 g/mol. The summed E-state index contributed by atoms with van der Waals surface area (Å²) >= 11 is 0. The van der Waals surface area contributed by atoms with E-state index in [0.29, 0.717) is 17.9 Å². The average Bonchev–Trinajstić information content (AvgIpc) is 2.68. The third-order valence-corrected chi connectivity index (χ3v) is 7.43. The van der Waals surface area contributed by atoms with Crippen molar-refractivity contribution < 1.29 is 19.1 Å². The van der Waals surface area contributed by atoms with Crippen LogP contribution in [0.3, 0.4) is 0 Å². The second-order valence-electron chi connectivity index (χ2n) is 9.64. The van der Waals surface area contributed by atoms with Crippen molar-refractivity contribution in [2.75, 3.05) is 7.11 Å². The van der Waals surface area contributed by atoms with Gasteiger partial charge in [0.05, 0.1) is 13.5 Å². The number of carbonyl (C=O) groups excluding carboxylic acids is 2. The largest absolute Gasteiger partial charge is 0.466 e. The quantitative estimate of drug-likeness (QED) is 0.476. The topological polar surface area (TPSA) is 52.6 Å². The Morgan fingerprint density at radius 3 is 2.48 bits per heavy atom. The van der Waals surface area contributed by atoms with Gasteiger partial charge in [-0.2, -0.15) is 0 Å². The molecule has 4 nitrogen and oxygen atoms in total. The van der Waals surface area contributed by atoms with Crippen LogP contribution in [-0.2, 0) is 19.1 Å².